The molecule has 1 amide bonds. The van der Waals surface area contributed by atoms with Gasteiger partial charge in [0.2, 0.25) is 5.91 Å². The van der Waals surface area contributed by atoms with Crippen molar-refractivity contribution in [1.82, 2.24) is 10.3 Å². The summed E-state index contributed by atoms with van der Waals surface area (Å²) in [6.07, 6.45) is 3.96. The topological polar surface area (TPSA) is 54.0 Å². The molecule has 2 rings (SSSR count). The lowest BCUT2D eigenvalue weighted by molar-refractivity contribution is -0.116. The number of carbonyl (C=O) groups is 1. The third-order valence-electron chi connectivity index (χ3n) is 3.05. The van der Waals surface area contributed by atoms with Crippen molar-refractivity contribution in [2.24, 2.45) is 0 Å². The molecule has 0 aliphatic carbocycles. The Morgan fingerprint density at radius 2 is 2.19 bits per heavy atom. The SMILES string of the molecule is Cc1ccc(Cl)cc1NC(=O)CCNCc1cccnc1. The lowest BCUT2D eigenvalue weighted by atomic mass is 10.2. The van der Waals surface area contributed by atoms with E-state index in [0.717, 1.165) is 16.8 Å². The Bertz CT molecular complexity index is 602. The molecule has 0 unspecified atom stereocenters. The molecule has 0 aliphatic rings. The molecule has 1 aromatic carbocycles. The van der Waals surface area contributed by atoms with Crippen molar-refractivity contribution >= 4 is 23.2 Å². The van der Waals surface area contributed by atoms with E-state index < -0.39 is 0 Å². The van der Waals surface area contributed by atoms with Crippen LogP contribution < -0.4 is 10.6 Å². The molecule has 5 heteroatoms. The number of benzene rings is 1. The number of pyridine rings is 1. The summed E-state index contributed by atoms with van der Waals surface area (Å²) in [6, 6.07) is 9.35. The van der Waals surface area contributed by atoms with Gasteiger partial charge in [0.15, 0.2) is 0 Å². The van der Waals surface area contributed by atoms with Crippen molar-refractivity contribution in [2.75, 3.05) is 11.9 Å². The molecule has 1 heterocycles. The summed E-state index contributed by atoms with van der Waals surface area (Å²) < 4.78 is 0. The number of halogens is 1. The normalized spacial score (nSPS) is 10.4. The van der Waals surface area contributed by atoms with Crippen LogP contribution in [0.5, 0.6) is 0 Å². The zero-order chi connectivity index (χ0) is 15.1. The van der Waals surface area contributed by atoms with Gasteiger partial charge in [0, 0.05) is 42.6 Å². The van der Waals surface area contributed by atoms with Crippen LogP contribution in [0.15, 0.2) is 42.7 Å². The van der Waals surface area contributed by atoms with Gasteiger partial charge in [0.1, 0.15) is 0 Å². The van der Waals surface area contributed by atoms with E-state index in [0.29, 0.717) is 24.5 Å². The van der Waals surface area contributed by atoms with Crippen LogP contribution in [0.4, 0.5) is 5.69 Å². The Kier molecular flexibility index (Phi) is 5.72. The summed E-state index contributed by atoms with van der Waals surface area (Å²) in [6.45, 7) is 3.25. The fourth-order valence-electron chi connectivity index (χ4n) is 1.88. The van der Waals surface area contributed by atoms with Crippen LogP contribution in [-0.2, 0) is 11.3 Å². The van der Waals surface area contributed by atoms with Gasteiger partial charge in [-0.2, -0.15) is 0 Å². The van der Waals surface area contributed by atoms with Gasteiger partial charge in [-0.1, -0.05) is 23.7 Å². The lowest BCUT2D eigenvalue weighted by Gasteiger charge is -2.09. The maximum Gasteiger partial charge on any atom is 0.225 e. The summed E-state index contributed by atoms with van der Waals surface area (Å²) in [5.41, 5.74) is 2.86. The molecule has 21 heavy (non-hydrogen) atoms. The van der Waals surface area contributed by atoms with Crippen molar-refractivity contribution in [2.45, 2.75) is 19.9 Å². The number of carbonyl (C=O) groups excluding carboxylic acids is 1. The Morgan fingerprint density at radius 3 is 2.95 bits per heavy atom. The number of amides is 1. The lowest BCUT2D eigenvalue weighted by Crippen LogP contribution is -2.21. The maximum absolute atomic E-state index is 11.9. The minimum Gasteiger partial charge on any atom is -0.326 e. The average molecular weight is 304 g/mol. The monoisotopic (exact) mass is 303 g/mol. The van der Waals surface area contributed by atoms with Crippen molar-refractivity contribution < 1.29 is 4.79 Å². The van der Waals surface area contributed by atoms with E-state index in [-0.39, 0.29) is 5.91 Å². The smallest absolute Gasteiger partial charge is 0.225 e. The number of nitrogens with one attached hydrogen (secondary N) is 2. The van der Waals surface area contributed by atoms with Crippen LogP contribution in [-0.4, -0.2) is 17.4 Å². The number of rotatable bonds is 6. The number of anilines is 1. The fraction of sp³-hybridized carbons (Fsp3) is 0.250. The molecule has 4 nitrogen and oxygen atoms in total. The first-order chi connectivity index (χ1) is 10.1. The number of aryl methyl sites for hydroxylation is 1. The standard InChI is InChI=1S/C16H18ClN3O/c1-12-4-5-14(17)9-15(12)20-16(21)6-8-19-11-13-3-2-7-18-10-13/h2-5,7,9-10,19H,6,8,11H2,1H3,(H,20,21). The average Bonchev–Trinajstić information content (AvgIpc) is 2.48. The highest BCUT2D eigenvalue weighted by molar-refractivity contribution is 6.31. The molecule has 0 saturated carbocycles. The first kappa shape index (κ1) is 15.5. The van der Waals surface area contributed by atoms with E-state index in [1.54, 1.807) is 12.3 Å². The molecule has 2 N–H and O–H groups in total. The van der Waals surface area contributed by atoms with Gasteiger partial charge < -0.3 is 10.6 Å². The first-order valence-corrected chi connectivity index (χ1v) is 7.18. The summed E-state index contributed by atoms with van der Waals surface area (Å²) in [5.74, 6) is -0.0287. The van der Waals surface area contributed by atoms with Crippen molar-refractivity contribution in [1.29, 1.82) is 0 Å². The molecule has 0 spiro atoms. The van der Waals surface area contributed by atoms with E-state index in [2.05, 4.69) is 15.6 Å². The molecule has 0 aliphatic heterocycles. The predicted octanol–water partition coefficient (Wildman–Crippen LogP) is 3.16. The molecule has 1 aromatic heterocycles. The molecular formula is C16H18ClN3O. The minimum atomic E-state index is -0.0287. The summed E-state index contributed by atoms with van der Waals surface area (Å²) >= 11 is 5.93. The van der Waals surface area contributed by atoms with Gasteiger partial charge in [-0.05, 0) is 36.2 Å². The van der Waals surface area contributed by atoms with E-state index in [1.165, 1.54) is 0 Å². The van der Waals surface area contributed by atoms with Gasteiger partial charge in [-0.25, -0.2) is 0 Å². The van der Waals surface area contributed by atoms with Crippen LogP contribution in [0, 0.1) is 6.92 Å². The Balaban J connectivity index is 1.74. The van der Waals surface area contributed by atoms with Gasteiger partial charge in [0.25, 0.3) is 0 Å². The van der Waals surface area contributed by atoms with Crippen LogP contribution in [0.2, 0.25) is 5.02 Å². The quantitative estimate of drug-likeness (QED) is 0.806. The fourth-order valence-corrected chi connectivity index (χ4v) is 2.05. The zero-order valence-corrected chi connectivity index (χ0v) is 12.7. The predicted molar refractivity (Wildman–Crippen MR) is 85.4 cm³/mol. The number of nitrogens with zero attached hydrogens (tertiary/aromatic N) is 1. The molecule has 2 aromatic rings. The van der Waals surface area contributed by atoms with Crippen LogP contribution in [0.25, 0.3) is 0 Å². The van der Waals surface area contributed by atoms with E-state index >= 15 is 0 Å². The highest BCUT2D eigenvalue weighted by atomic mass is 35.5. The van der Waals surface area contributed by atoms with Gasteiger partial charge in [-0.3, -0.25) is 9.78 Å². The Labute approximate surface area is 129 Å². The number of hydrogen-bond acceptors (Lipinski definition) is 3. The summed E-state index contributed by atoms with van der Waals surface area (Å²) in [4.78, 5) is 15.9. The molecule has 0 atom stereocenters. The molecular weight excluding hydrogens is 286 g/mol. The summed E-state index contributed by atoms with van der Waals surface area (Å²) in [7, 11) is 0. The van der Waals surface area contributed by atoms with Gasteiger partial charge in [0.05, 0.1) is 0 Å². The van der Waals surface area contributed by atoms with Gasteiger partial charge in [-0.15, -0.1) is 0 Å². The zero-order valence-electron chi connectivity index (χ0n) is 11.9. The first-order valence-electron chi connectivity index (χ1n) is 6.81. The number of aromatic nitrogens is 1. The highest BCUT2D eigenvalue weighted by Gasteiger charge is 2.05. The molecule has 0 fully saturated rings. The van der Waals surface area contributed by atoms with Crippen LogP contribution in [0.1, 0.15) is 17.5 Å². The number of hydrogen-bond donors (Lipinski definition) is 2. The van der Waals surface area contributed by atoms with E-state index in [9.17, 15) is 4.79 Å². The molecule has 110 valence electrons. The van der Waals surface area contributed by atoms with E-state index in [1.807, 2.05) is 37.4 Å². The van der Waals surface area contributed by atoms with Crippen LogP contribution in [0.3, 0.4) is 0 Å². The Hall–Kier alpha value is -1.91. The minimum absolute atomic E-state index is 0.0287. The maximum atomic E-state index is 11.9. The largest absolute Gasteiger partial charge is 0.326 e. The summed E-state index contributed by atoms with van der Waals surface area (Å²) in [5, 5.41) is 6.71. The molecule has 0 bridgehead atoms. The molecule has 0 radical (unpaired) electrons. The third kappa shape index (κ3) is 5.17. The second kappa shape index (κ2) is 7.76. The van der Waals surface area contributed by atoms with E-state index in [4.69, 9.17) is 11.6 Å². The van der Waals surface area contributed by atoms with Crippen molar-refractivity contribution in [3.63, 3.8) is 0 Å². The van der Waals surface area contributed by atoms with Crippen LogP contribution >= 0.6 is 11.6 Å². The van der Waals surface area contributed by atoms with Crippen molar-refractivity contribution in [3.05, 3.63) is 58.9 Å². The second-order valence-corrected chi connectivity index (χ2v) is 5.23. The second-order valence-electron chi connectivity index (χ2n) is 4.80. The van der Waals surface area contributed by atoms with Crippen molar-refractivity contribution in [3.8, 4) is 0 Å². The molecule has 0 saturated heterocycles. The third-order valence-corrected chi connectivity index (χ3v) is 3.29. The van der Waals surface area contributed by atoms with Gasteiger partial charge >= 0.3 is 0 Å². The highest BCUT2D eigenvalue weighted by Crippen LogP contribution is 2.20. The Morgan fingerprint density at radius 1 is 1.33 bits per heavy atom.